The number of aromatic nitrogens is 3. The van der Waals surface area contributed by atoms with Crippen molar-refractivity contribution in [2.75, 3.05) is 24.5 Å². The first-order chi connectivity index (χ1) is 17.1. The van der Waals surface area contributed by atoms with E-state index in [1.54, 1.807) is 18.3 Å². The normalized spacial score (nSPS) is 18.4. The molecule has 0 spiro atoms. The largest absolute Gasteiger partial charge is 0.374 e. The zero-order chi connectivity index (χ0) is 27.0. The first kappa shape index (κ1) is 29.9. The van der Waals surface area contributed by atoms with Crippen LogP contribution < -0.4 is 10.2 Å². The molecule has 2 N–H and O–H groups in total. The summed E-state index contributed by atoms with van der Waals surface area (Å²) in [5, 5.41) is 4.32. The van der Waals surface area contributed by atoms with E-state index in [1.807, 2.05) is 46.4 Å². The van der Waals surface area contributed by atoms with E-state index in [1.165, 1.54) is 6.42 Å². The van der Waals surface area contributed by atoms with Crippen molar-refractivity contribution < 1.29 is 13.5 Å². The molecule has 4 heterocycles. The molecule has 6 nitrogen and oxygen atoms in total. The molecule has 0 bridgehead atoms. The van der Waals surface area contributed by atoms with Gasteiger partial charge in [-0.1, -0.05) is 45.7 Å². The van der Waals surface area contributed by atoms with Crippen molar-refractivity contribution in [2.45, 2.75) is 79.6 Å². The van der Waals surface area contributed by atoms with Gasteiger partial charge in [0, 0.05) is 42.8 Å². The standard InChI is InChI=1S/C22H26ClF2N5O.C3H8.C2H6/c1-12(2)31-13(3)22(4)11-30(9-8-27-22)21-16(25)10-15(24)18(28-21)17-14-6-5-7-26-20(14)29-19(17)23;1-3-2;1-2/h5-7,10,12-13,27H,8-9,11H2,1-4H3,(H,26,29);3H2,1-2H3;1-2H3. The van der Waals surface area contributed by atoms with Crippen molar-refractivity contribution in [1.82, 2.24) is 20.3 Å². The average molecular weight is 524 g/mol. The highest BCUT2D eigenvalue weighted by atomic mass is 35.5. The van der Waals surface area contributed by atoms with Crippen LogP contribution >= 0.6 is 11.6 Å². The highest BCUT2D eigenvalue weighted by Gasteiger charge is 2.38. The molecule has 0 saturated carbocycles. The van der Waals surface area contributed by atoms with Crippen molar-refractivity contribution in [3.8, 4) is 11.3 Å². The number of piperazine rings is 1. The second-order valence-electron chi connectivity index (χ2n) is 9.14. The van der Waals surface area contributed by atoms with Gasteiger partial charge in [0.05, 0.1) is 17.7 Å². The van der Waals surface area contributed by atoms with E-state index >= 15 is 0 Å². The minimum absolute atomic E-state index is 0.00707. The van der Waals surface area contributed by atoms with E-state index in [0.717, 1.165) is 6.07 Å². The summed E-state index contributed by atoms with van der Waals surface area (Å²) >= 11 is 6.35. The molecule has 1 fully saturated rings. The van der Waals surface area contributed by atoms with Gasteiger partial charge >= 0.3 is 0 Å². The predicted octanol–water partition coefficient (Wildman–Crippen LogP) is 6.98. The van der Waals surface area contributed by atoms with E-state index < -0.39 is 17.2 Å². The Bertz CT molecular complexity index is 1120. The Hall–Kier alpha value is -2.29. The lowest BCUT2D eigenvalue weighted by atomic mass is 9.92. The summed E-state index contributed by atoms with van der Waals surface area (Å²) in [6, 6.07) is 4.38. The van der Waals surface area contributed by atoms with Gasteiger partial charge in [0.2, 0.25) is 0 Å². The van der Waals surface area contributed by atoms with Crippen LogP contribution in [0.5, 0.6) is 0 Å². The van der Waals surface area contributed by atoms with Crippen molar-refractivity contribution in [3.63, 3.8) is 0 Å². The fraction of sp³-hybridized carbons (Fsp3) is 0.556. The molecule has 1 saturated heterocycles. The summed E-state index contributed by atoms with van der Waals surface area (Å²) in [5.41, 5.74) is 0.461. The minimum atomic E-state index is -0.776. The Morgan fingerprint density at radius 1 is 1.19 bits per heavy atom. The topological polar surface area (TPSA) is 66.1 Å². The number of nitrogens with one attached hydrogen (secondary N) is 2. The van der Waals surface area contributed by atoms with Gasteiger partial charge in [0.15, 0.2) is 17.5 Å². The predicted molar refractivity (Wildman–Crippen MR) is 146 cm³/mol. The lowest BCUT2D eigenvalue weighted by Crippen LogP contribution is -2.64. The summed E-state index contributed by atoms with van der Waals surface area (Å²) in [5.74, 6) is -1.39. The number of ether oxygens (including phenoxy) is 1. The third-order valence-corrected chi connectivity index (χ3v) is 6.06. The highest BCUT2D eigenvalue weighted by molar-refractivity contribution is 6.34. The van der Waals surface area contributed by atoms with E-state index in [-0.39, 0.29) is 28.9 Å². The van der Waals surface area contributed by atoms with Crippen LogP contribution in [0.4, 0.5) is 14.6 Å². The summed E-state index contributed by atoms with van der Waals surface area (Å²) in [4.78, 5) is 13.4. The van der Waals surface area contributed by atoms with Crippen molar-refractivity contribution in [2.24, 2.45) is 0 Å². The van der Waals surface area contributed by atoms with Gasteiger partial charge in [-0.25, -0.2) is 18.7 Å². The van der Waals surface area contributed by atoms with Crippen LogP contribution in [0.2, 0.25) is 5.15 Å². The number of pyridine rings is 2. The summed E-state index contributed by atoms with van der Waals surface area (Å²) in [7, 11) is 0. The summed E-state index contributed by atoms with van der Waals surface area (Å²) in [6.07, 6.45) is 2.81. The van der Waals surface area contributed by atoms with Gasteiger partial charge in [-0.2, -0.15) is 0 Å². The number of halogens is 3. The first-order valence-corrected chi connectivity index (χ1v) is 13.1. The fourth-order valence-electron chi connectivity index (χ4n) is 4.10. The van der Waals surface area contributed by atoms with Crippen molar-refractivity contribution >= 4 is 28.5 Å². The Morgan fingerprint density at radius 2 is 1.86 bits per heavy atom. The molecule has 3 aromatic heterocycles. The molecule has 9 heteroatoms. The summed E-state index contributed by atoms with van der Waals surface area (Å²) < 4.78 is 35.7. The van der Waals surface area contributed by atoms with Gasteiger partial charge in [-0.05, 0) is 39.8 Å². The molecule has 2 atom stereocenters. The molecule has 1 aliphatic rings. The van der Waals surface area contributed by atoms with Crippen molar-refractivity contribution in [1.29, 1.82) is 0 Å². The van der Waals surface area contributed by atoms with Crippen LogP contribution in [0.15, 0.2) is 24.4 Å². The van der Waals surface area contributed by atoms with Gasteiger partial charge in [0.1, 0.15) is 16.5 Å². The first-order valence-electron chi connectivity index (χ1n) is 12.7. The van der Waals surface area contributed by atoms with Crippen LogP contribution in [0.3, 0.4) is 0 Å². The molecule has 0 aromatic carbocycles. The second-order valence-corrected chi connectivity index (χ2v) is 9.52. The maximum absolute atomic E-state index is 14.9. The second kappa shape index (κ2) is 13.3. The molecule has 36 heavy (non-hydrogen) atoms. The van der Waals surface area contributed by atoms with Gasteiger partial charge in [0.25, 0.3) is 0 Å². The molecule has 1 aliphatic heterocycles. The molecular formula is C27H40ClF2N5O. The monoisotopic (exact) mass is 523 g/mol. The van der Waals surface area contributed by atoms with E-state index in [4.69, 9.17) is 16.3 Å². The zero-order valence-electron chi connectivity index (χ0n) is 22.7. The molecule has 3 aromatic rings. The molecule has 4 rings (SSSR count). The maximum atomic E-state index is 14.9. The van der Waals surface area contributed by atoms with Crippen molar-refractivity contribution in [3.05, 3.63) is 41.2 Å². The molecule has 0 amide bonds. The fourth-order valence-corrected chi connectivity index (χ4v) is 4.38. The number of hydrogen-bond acceptors (Lipinski definition) is 5. The quantitative estimate of drug-likeness (QED) is 0.377. The highest BCUT2D eigenvalue weighted by Crippen LogP contribution is 2.37. The molecule has 0 aliphatic carbocycles. The number of anilines is 1. The third kappa shape index (κ3) is 6.72. The van der Waals surface area contributed by atoms with Crippen LogP contribution in [-0.4, -0.2) is 52.3 Å². The zero-order valence-corrected chi connectivity index (χ0v) is 23.4. The molecule has 200 valence electrons. The smallest absolute Gasteiger partial charge is 0.168 e. The number of nitrogens with zero attached hydrogens (tertiary/aromatic N) is 3. The Balaban J connectivity index is 0.000000850. The summed E-state index contributed by atoms with van der Waals surface area (Å²) in [6.45, 7) is 17.8. The lowest BCUT2D eigenvalue weighted by Gasteiger charge is -2.45. The van der Waals surface area contributed by atoms with E-state index in [9.17, 15) is 8.78 Å². The number of hydrogen-bond donors (Lipinski definition) is 2. The number of fused-ring (bicyclic) bond motifs is 1. The van der Waals surface area contributed by atoms with Crippen LogP contribution in [0.25, 0.3) is 22.3 Å². The number of rotatable bonds is 5. The lowest BCUT2D eigenvalue weighted by molar-refractivity contribution is -0.0335. The van der Waals surface area contributed by atoms with Gasteiger partial charge in [-0.3, -0.25) is 0 Å². The van der Waals surface area contributed by atoms with Crippen LogP contribution in [0.1, 0.15) is 61.8 Å². The molecular weight excluding hydrogens is 484 g/mol. The van der Waals surface area contributed by atoms with Crippen LogP contribution in [0, 0.1) is 11.6 Å². The van der Waals surface area contributed by atoms with E-state index in [2.05, 4.69) is 34.1 Å². The number of H-pyrrole nitrogens is 1. The Labute approximate surface area is 218 Å². The SMILES string of the molecule is CC.CC(C)OC(C)C1(C)CN(c2nc(-c3c(Cl)[nH]c4ncccc34)c(F)cc2F)CCN1.CCC. The maximum Gasteiger partial charge on any atom is 0.168 e. The minimum Gasteiger partial charge on any atom is -0.374 e. The third-order valence-electron chi connectivity index (χ3n) is 5.78. The van der Waals surface area contributed by atoms with Crippen LogP contribution in [-0.2, 0) is 4.74 Å². The van der Waals surface area contributed by atoms with E-state index in [0.29, 0.717) is 36.2 Å². The molecule has 2 unspecified atom stereocenters. The van der Waals surface area contributed by atoms with Gasteiger partial charge in [-0.15, -0.1) is 0 Å². The van der Waals surface area contributed by atoms with Gasteiger partial charge < -0.3 is 19.9 Å². The average Bonchev–Trinajstić information content (AvgIpc) is 3.16. The molecule has 0 radical (unpaired) electrons. The number of aromatic amines is 1. The Kier molecular flexibility index (Phi) is 11.1. The Morgan fingerprint density at radius 3 is 2.50 bits per heavy atom.